The van der Waals surface area contributed by atoms with E-state index in [4.69, 9.17) is 21.1 Å². The number of thioether (sulfide) groups is 1. The molecule has 0 aromatic heterocycles. The lowest BCUT2D eigenvalue weighted by atomic mass is 10.2. The molecule has 0 saturated heterocycles. The average Bonchev–Trinajstić information content (AvgIpc) is 2.87. The molecule has 0 aliphatic heterocycles. The molecule has 3 aromatic rings. The quantitative estimate of drug-likeness (QED) is 0.324. The lowest BCUT2D eigenvalue weighted by Crippen LogP contribution is -2.41. The maximum absolute atomic E-state index is 13.6. The summed E-state index contributed by atoms with van der Waals surface area (Å²) in [5.74, 6) is 1.76. The Morgan fingerprint density at radius 3 is 2.36 bits per heavy atom. The maximum Gasteiger partial charge on any atom is 0.264 e. The van der Waals surface area contributed by atoms with Crippen molar-refractivity contribution >= 4 is 45.0 Å². The third-order valence-corrected chi connectivity index (χ3v) is 8.50. The highest BCUT2D eigenvalue weighted by molar-refractivity contribution is 7.98. The van der Waals surface area contributed by atoms with Crippen molar-refractivity contribution in [2.75, 3.05) is 37.4 Å². The van der Waals surface area contributed by atoms with Crippen LogP contribution in [0.3, 0.4) is 0 Å². The first kappa shape index (κ1) is 27.7. The summed E-state index contributed by atoms with van der Waals surface area (Å²) in [5, 5.41) is 3.52. The van der Waals surface area contributed by atoms with Crippen LogP contribution in [0.25, 0.3) is 0 Å². The van der Waals surface area contributed by atoms with Gasteiger partial charge in [-0.25, -0.2) is 8.42 Å². The average molecular weight is 549 g/mol. The molecule has 0 aliphatic carbocycles. The molecule has 0 atom stereocenters. The molecule has 36 heavy (non-hydrogen) atoms. The number of aryl methyl sites for hydroxylation is 1. The Labute approximate surface area is 221 Å². The summed E-state index contributed by atoms with van der Waals surface area (Å²) in [7, 11) is -1.07. The van der Waals surface area contributed by atoms with Crippen LogP contribution in [-0.2, 0) is 20.6 Å². The normalized spacial score (nSPS) is 11.1. The minimum atomic E-state index is -4.03. The summed E-state index contributed by atoms with van der Waals surface area (Å²) in [5.41, 5.74) is 2.24. The van der Waals surface area contributed by atoms with Crippen LogP contribution in [0.2, 0.25) is 5.02 Å². The van der Waals surface area contributed by atoms with Crippen LogP contribution >= 0.6 is 23.4 Å². The fraction of sp³-hybridized carbons (Fsp3) is 0.269. The fourth-order valence-corrected chi connectivity index (χ4v) is 5.94. The lowest BCUT2D eigenvalue weighted by molar-refractivity contribution is -0.119. The van der Waals surface area contributed by atoms with Crippen molar-refractivity contribution in [2.45, 2.75) is 17.6 Å². The molecule has 0 saturated carbocycles. The van der Waals surface area contributed by atoms with E-state index in [9.17, 15) is 13.2 Å². The summed E-state index contributed by atoms with van der Waals surface area (Å²) in [6.07, 6.45) is 0. The Hall–Kier alpha value is -2.88. The molecule has 7 nitrogen and oxygen atoms in total. The van der Waals surface area contributed by atoms with Crippen LogP contribution in [0.5, 0.6) is 11.5 Å². The first-order valence-corrected chi connectivity index (χ1v) is 14.1. The summed E-state index contributed by atoms with van der Waals surface area (Å²) >= 11 is 7.81. The molecule has 3 rings (SSSR count). The number of carbonyl (C=O) groups is 1. The number of amides is 1. The van der Waals surface area contributed by atoms with Gasteiger partial charge in [0.15, 0.2) is 11.5 Å². The van der Waals surface area contributed by atoms with Gasteiger partial charge in [0.1, 0.15) is 6.54 Å². The van der Waals surface area contributed by atoms with Gasteiger partial charge in [-0.05, 0) is 42.8 Å². The van der Waals surface area contributed by atoms with Crippen LogP contribution in [-0.4, -0.2) is 47.4 Å². The van der Waals surface area contributed by atoms with E-state index in [1.807, 2.05) is 31.2 Å². The van der Waals surface area contributed by atoms with E-state index < -0.39 is 15.9 Å². The second-order valence-corrected chi connectivity index (χ2v) is 11.2. The van der Waals surface area contributed by atoms with E-state index in [1.54, 1.807) is 36.0 Å². The molecule has 0 bridgehead atoms. The Morgan fingerprint density at radius 1 is 1.00 bits per heavy atom. The predicted molar refractivity (Wildman–Crippen MR) is 146 cm³/mol. The minimum absolute atomic E-state index is 0.0889. The number of anilines is 1. The highest BCUT2D eigenvalue weighted by atomic mass is 35.5. The van der Waals surface area contributed by atoms with E-state index in [-0.39, 0.29) is 17.1 Å². The van der Waals surface area contributed by atoms with Gasteiger partial charge in [-0.15, -0.1) is 0 Å². The maximum atomic E-state index is 13.6. The van der Waals surface area contributed by atoms with E-state index in [0.29, 0.717) is 28.8 Å². The van der Waals surface area contributed by atoms with Gasteiger partial charge >= 0.3 is 0 Å². The number of methoxy groups -OCH3 is 2. The number of hydrogen-bond donors (Lipinski definition) is 1. The zero-order valence-electron chi connectivity index (χ0n) is 20.4. The SMILES string of the molecule is COc1ccc(N(CC(=O)NCCSCc2ccccc2Cl)S(=O)(=O)c2ccc(C)cc2)cc1OC. The van der Waals surface area contributed by atoms with Crippen molar-refractivity contribution in [1.82, 2.24) is 5.32 Å². The number of sulfonamides is 1. The summed E-state index contributed by atoms with van der Waals surface area (Å²) in [6.45, 7) is 1.87. The van der Waals surface area contributed by atoms with E-state index in [1.165, 1.54) is 32.4 Å². The first-order chi connectivity index (χ1) is 17.3. The van der Waals surface area contributed by atoms with Gasteiger partial charge in [0, 0.05) is 29.1 Å². The Kier molecular flexibility index (Phi) is 9.92. The van der Waals surface area contributed by atoms with Crippen LogP contribution in [0, 0.1) is 6.92 Å². The molecule has 192 valence electrons. The number of nitrogens with one attached hydrogen (secondary N) is 1. The van der Waals surface area contributed by atoms with Gasteiger partial charge in [-0.1, -0.05) is 47.5 Å². The molecule has 3 aromatic carbocycles. The monoisotopic (exact) mass is 548 g/mol. The third-order valence-electron chi connectivity index (χ3n) is 5.34. The minimum Gasteiger partial charge on any atom is -0.493 e. The lowest BCUT2D eigenvalue weighted by Gasteiger charge is -2.25. The van der Waals surface area contributed by atoms with Crippen molar-refractivity contribution in [1.29, 1.82) is 0 Å². The molecular formula is C26H29ClN2O5S2. The number of rotatable bonds is 12. The van der Waals surface area contributed by atoms with E-state index >= 15 is 0 Å². The number of carbonyl (C=O) groups excluding carboxylic acids is 1. The zero-order chi connectivity index (χ0) is 26.1. The van der Waals surface area contributed by atoms with Gasteiger partial charge in [0.2, 0.25) is 5.91 Å². The largest absolute Gasteiger partial charge is 0.493 e. The molecule has 0 radical (unpaired) electrons. The van der Waals surface area contributed by atoms with Gasteiger partial charge in [0.05, 0.1) is 24.8 Å². The second-order valence-electron chi connectivity index (χ2n) is 7.86. The number of halogens is 1. The predicted octanol–water partition coefficient (Wildman–Crippen LogP) is 4.91. The number of hydrogen-bond acceptors (Lipinski definition) is 6. The van der Waals surface area contributed by atoms with Gasteiger partial charge in [0.25, 0.3) is 10.0 Å². The molecule has 1 amide bonds. The van der Waals surface area contributed by atoms with E-state index in [2.05, 4.69) is 5.32 Å². The fourth-order valence-electron chi connectivity index (χ4n) is 3.38. The van der Waals surface area contributed by atoms with Crippen LogP contribution in [0.1, 0.15) is 11.1 Å². The second kappa shape index (κ2) is 12.9. The molecular weight excluding hydrogens is 520 g/mol. The van der Waals surface area contributed by atoms with E-state index in [0.717, 1.165) is 21.2 Å². The first-order valence-electron chi connectivity index (χ1n) is 11.2. The molecule has 0 fully saturated rings. The van der Waals surface area contributed by atoms with Crippen LogP contribution in [0.4, 0.5) is 5.69 Å². The summed E-state index contributed by atoms with van der Waals surface area (Å²) in [4.78, 5) is 12.9. The molecule has 1 N–H and O–H groups in total. The standard InChI is InChI=1S/C26H29ClN2O5S2/c1-19-8-11-22(12-9-19)36(31,32)29(21-10-13-24(33-2)25(16-21)34-3)17-26(30)28-14-15-35-18-20-6-4-5-7-23(20)27/h4-13,16H,14-15,17-18H2,1-3H3,(H,28,30). The molecule has 0 unspecified atom stereocenters. The number of benzene rings is 3. The Balaban J connectivity index is 1.73. The summed E-state index contributed by atoms with van der Waals surface area (Å²) < 4.78 is 38.8. The highest BCUT2D eigenvalue weighted by Crippen LogP contribution is 2.33. The van der Waals surface area contributed by atoms with Gasteiger partial charge < -0.3 is 14.8 Å². The smallest absolute Gasteiger partial charge is 0.264 e. The molecule has 0 spiro atoms. The van der Waals surface area contributed by atoms with Crippen molar-refractivity contribution < 1.29 is 22.7 Å². The van der Waals surface area contributed by atoms with Gasteiger partial charge in [-0.3, -0.25) is 9.10 Å². The highest BCUT2D eigenvalue weighted by Gasteiger charge is 2.28. The Morgan fingerprint density at radius 2 is 1.69 bits per heavy atom. The molecule has 0 aliphatic rings. The molecule has 0 heterocycles. The van der Waals surface area contributed by atoms with Crippen molar-refractivity contribution in [3.05, 3.63) is 82.9 Å². The Bertz CT molecular complexity index is 1280. The van der Waals surface area contributed by atoms with Crippen molar-refractivity contribution in [3.63, 3.8) is 0 Å². The zero-order valence-corrected chi connectivity index (χ0v) is 22.8. The molecule has 10 heteroatoms. The van der Waals surface area contributed by atoms with Crippen molar-refractivity contribution in [3.8, 4) is 11.5 Å². The number of ether oxygens (including phenoxy) is 2. The van der Waals surface area contributed by atoms with Crippen LogP contribution in [0.15, 0.2) is 71.6 Å². The topological polar surface area (TPSA) is 84.9 Å². The number of nitrogens with zero attached hydrogens (tertiary/aromatic N) is 1. The van der Waals surface area contributed by atoms with Gasteiger partial charge in [-0.2, -0.15) is 11.8 Å². The van der Waals surface area contributed by atoms with Crippen molar-refractivity contribution in [2.24, 2.45) is 0 Å². The summed E-state index contributed by atoms with van der Waals surface area (Å²) in [6, 6.07) is 18.8. The van der Waals surface area contributed by atoms with Crippen LogP contribution < -0.4 is 19.1 Å². The third kappa shape index (κ3) is 7.09.